The van der Waals surface area contributed by atoms with Gasteiger partial charge in [0.1, 0.15) is 0 Å². The van der Waals surface area contributed by atoms with Crippen molar-refractivity contribution >= 4 is 11.4 Å². The number of aryl methyl sites for hydroxylation is 4. The average molecular weight is 1350 g/mol. The van der Waals surface area contributed by atoms with Crippen LogP contribution in [-0.4, -0.2) is 4.70 Å². The van der Waals surface area contributed by atoms with Crippen molar-refractivity contribution in [2.45, 2.75) is 464 Å². The van der Waals surface area contributed by atoms with Crippen LogP contribution < -0.4 is 0 Å². The van der Waals surface area contributed by atoms with E-state index in [9.17, 15) is 5.53 Å². The molecule has 3 rings (SSSR count). The molecule has 0 N–H and O–H groups in total. The fraction of sp³-hybridized carbons (Fsp3) is 0.818. The smallest absolute Gasteiger partial charge is 0.0654 e. The molecule has 0 bridgehead atoms. The quantitative estimate of drug-likeness (QED) is 0.0358. The van der Waals surface area contributed by atoms with Gasteiger partial charge in [0.15, 0.2) is 0 Å². The monoisotopic (exact) mass is 1350 g/mol. The van der Waals surface area contributed by atoms with E-state index in [1.165, 1.54) is 377 Å². The Kier molecular flexibility index (Phi) is 57.9. The van der Waals surface area contributed by atoms with Crippen LogP contribution in [-0.2, 0) is 43.7 Å². The van der Waals surface area contributed by atoms with Crippen LogP contribution in [0.5, 0.6) is 0 Å². The van der Waals surface area contributed by atoms with E-state index in [1.54, 1.807) is 14.5 Å². The van der Waals surface area contributed by atoms with Gasteiger partial charge in [-0.2, -0.15) is 0 Å². The number of allylic oxidation sites excluding steroid dienone is 2. The maximum absolute atomic E-state index is 12.4. The fourth-order valence-electron chi connectivity index (χ4n) is 14.2. The van der Waals surface area contributed by atoms with Gasteiger partial charge in [0.25, 0.3) is 0 Å². The summed E-state index contributed by atoms with van der Waals surface area (Å²) in [4.78, 5) is 3.10. The summed E-state index contributed by atoms with van der Waals surface area (Å²) in [5.74, 6) is 0. The third kappa shape index (κ3) is 41.1. The van der Waals surface area contributed by atoms with Crippen LogP contribution in [0.15, 0.2) is 35.4 Å². The number of nitrogens with zero attached hydrogens (tertiary/aromatic N) is 2. The molecule has 530 valence electrons. The summed E-state index contributed by atoms with van der Waals surface area (Å²) in [5.41, 5.74) is 28.5. The van der Waals surface area contributed by atoms with Crippen molar-refractivity contribution in [1.82, 2.24) is 0 Å². The average Bonchev–Trinajstić information content (AvgIpc) is 1.64. The zero-order chi connectivity index (χ0) is 65.9. The van der Waals surface area contributed by atoms with Crippen LogP contribution in [0.4, 0.5) is 0 Å². The molecular formula is C88H158N2Pd. The molecule has 1 heterocycles. The predicted octanol–water partition coefficient (Wildman–Crippen LogP) is 31.6. The molecule has 0 aliphatic carbocycles. The van der Waals surface area contributed by atoms with Gasteiger partial charge in [-0.05, 0) is 149 Å². The molecule has 0 unspecified atom stereocenters. The molecular weight excluding hydrogens is 1190 g/mol. The van der Waals surface area contributed by atoms with Gasteiger partial charge in [-0.1, -0.05) is 222 Å². The molecule has 0 spiro atoms. The minimum absolute atomic E-state index is 1.02. The Balaban J connectivity index is 0.000000621. The Labute approximate surface area is 580 Å². The number of benzene rings is 2. The van der Waals surface area contributed by atoms with Crippen LogP contribution in [0.3, 0.4) is 0 Å². The molecule has 0 radical (unpaired) electrons. The molecule has 1 aliphatic heterocycles. The Bertz CT molecular complexity index is 1870. The number of hydrogen-bond acceptors (Lipinski definition) is 0. The standard InChI is InChI=1S/C42H64N2.2C23H47.Pd/c1-9-15-21-33-27-37(28-34(31(33)7)22-16-10-2)41-39(25-19-13-5)40(26-20-14-6)42(44(41)43)38-29-35(23-17-11-3)32(8)36(30-38)24-18-12-4;2*1-3-5-7-9-11-13-15-17-19-21-23-22-20-18-16-14-12-10-8-6-4-2;/h27-30H,9-26H2,1-8H3;2*1,3-23H2,2H3;. The third-order valence-corrected chi connectivity index (χ3v) is 22.8. The summed E-state index contributed by atoms with van der Waals surface area (Å²) in [5, 5.41) is 0. The van der Waals surface area contributed by atoms with Crippen molar-refractivity contribution in [3.8, 4) is 0 Å². The van der Waals surface area contributed by atoms with E-state index in [4.69, 9.17) is 0 Å². The van der Waals surface area contributed by atoms with Gasteiger partial charge < -0.3 is 5.53 Å². The minimum atomic E-state index is 1.02. The third-order valence-electron chi connectivity index (χ3n) is 20.6. The molecule has 0 atom stereocenters. The molecule has 3 heteroatoms. The zero-order valence-corrected chi connectivity index (χ0v) is 64.9. The van der Waals surface area contributed by atoms with Crippen molar-refractivity contribution in [1.29, 1.82) is 0 Å². The maximum atomic E-state index is 12.4. The second kappa shape index (κ2) is 61.8. The first-order valence-electron chi connectivity index (χ1n) is 41.4. The van der Waals surface area contributed by atoms with Crippen molar-refractivity contribution in [3.63, 3.8) is 0 Å². The molecule has 0 aromatic heterocycles. The molecule has 0 fully saturated rings. The van der Waals surface area contributed by atoms with Gasteiger partial charge in [-0.15, -0.1) is 0 Å². The van der Waals surface area contributed by atoms with Crippen molar-refractivity contribution in [3.05, 3.63) is 85.5 Å². The second-order valence-corrected chi connectivity index (χ2v) is 31.4. The van der Waals surface area contributed by atoms with Crippen molar-refractivity contribution < 1.29 is 22.7 Å². The Morgan fingerprint density at radius 1 is 0.242 bits per heavy atom. The summed E-state index contributed by atoms with van der Waals surface area (Å²) in [7, 11) is 0. The molecule has 0 saturated carbocycles. The van der Waals surface area contributed by atoms with E-state index >= 15 is 0 Å². The van der Waals surface area contributed by atoms with E-state index in [0.29, 0.717) is 0 Å². The fourth-order valence-corrected chi connectivity index (χ4v) is 16.2. The van der Waals surface area contributed by atoms with Gasteiger partial charge in [0.05, 0.1) is 0 Å². The first-order chi connectivity index (χ1) is 44.8. The summed E-state index contributed by atoms with van der Waals surface area (Å²) in [6, 6.07) is 9.72. The van der Waals surface area contributed by atoms with Crippen molar-refractivity contribution in [2.75, 3.05) is 0 Å². The first kappa shape index (κ1) is 85.3. The second-order valence-electron chi connectivity index (χ2n) is 29.0. The Morgan fingerprint density at radius 2 is 0.418 bits per heavy atom. The molecule has 2 nitrogen and oxygen atoms in total. The minimum Gasteiger partial charge on any atom is -0.0654 e. The number of hydrogen-bond donors (Lipinski definition) is 0. The molecule has 1 aliphatic rings. The van der Waals surface area contributed by atoms with Gasteiger partial charge >= 0.3 is 169 Å². The topological polar surface area (TPSA) is 25.3 Å². The van der Waals surface area contributed by atoms with E-state index in [-0.39, 0.29) is 0 Å². The first-order valence-corrected chi connectivity index (χ1v) is 43.6. The van der Waals surface area contributed by atoms with Gasteiger partial charge in [-0.25, -0.2) is 4.70 Å². The van der Waals surface area contributed by atoms with Gasteiger partial charge in [0, 0.05) is 22.3 Å². The summed E-state index contributed by atoms with van der Waals surface area (Å²) in [6.07, 6.45) is 83.2. The number of rotatable bonds is 64. The van der Waals surface area contributed by atoms with E-state index in [1.807, 2.05) is 0 Å². The summed E-state index contributed by atoms with van der Waals surface area (Å²) in [6.45, 7) is 23.0. The summed E-state index contributed by atoms with van der Waals surface area (Å²) < 4.78 is 1.64. The predicted molar refractivity (Wildman–Crippen MR) is 408 cm³/mol. The van der Waals surface area contributed by atoms with Crippen LogP contribution in [0.1, 0.15) is 459 Å². The van der Waals surface area contributed by atoms with Crippen LogP contribution in [0.2, 0.25) is 9.79 Å². The SMILES string of the molecule is CCCCC1=C(c2cc(CCCC)c(C)c(CCCC)c2)[N+](=[N-])C(c2cc(CCCC)c(C)c(CCCC)c2)=C1CCCC.CCCCCCCCCCCCCCCCCCCCCC[CH2][Pd][CH2]CCCCCCCCCCCCCCCCCCCCCC. The zero-order valence-electron chi connectivity index (χ0n) is 63.4. The van der Waals surface area contributed by atoms with Gasteiger partial charge in [0.2, 0.25) is 11.4 Å². The molecule has 0 amide bonds. The molecule has 2 aromatic carbocycles. The molecule has 0 saturated heterocycles. The van der Waals surface area contributed by atoms with Crippen LogP contribution in [0.25, 0.3) is 16.9 Å². The normalized spacial score (nSPS) is 12.6. The van der Waals surface area contributed by atoms with E-state index in [0.717, 1.165) is 93.6 Å². The molecule has 91 heavy (non-hydrogen) atoms. The summed E-state index contributed by atoms with van der Waals surface area (Å²) >= 11 is 1.06. The molecule has 2 aromatic rings. The van der Waals surface area contributed by atoms with Crippen molar-refractivity contribution in [2.24, 2.45) is 0 Å². The van der Waals surface area contributed by atoms with Crippen LogP contribution in [0, 0.1) is 13.8 Å². The van der Waals surface area contributed by atoms with Gasteiger partial charge in [-0.3, -0.25) is 0 Å². The number of unbranched alkanes of at least 4 members (excludes halogenated alkanes) is 46. The Morgan fingerprint density at radius 3 is 0.615 bits per heavy atom. The van der Waals surface area contributed by atoms with Crippen LogP contribution >= 0.6 is 0 Å². The van der Waals surface area contributed by atoms with E-state index < -0.39 is 0 Å². The Hall–Kier alpha value is -1.82. The van der Waals surface area contributed by atoms with E-state index in [2.05, 4.69) is 93.5 Å².